The number of amides is 1. The number of nitro groups is 1. The number of nitro benzene ring substituents is 1. The first kappa shape index (κ1) is 20.4. The van der Waals surface area contributed by atoms with Gasteiger partial charge in [-0.15, -0.1) is 0 Å². The van der Waals surface area contributed by atoms with E-state index in [4.69, 9.17) is 11.6 Å². The fraction of sp³-hybridized carbons (Fsp3) is 0.318. The lowest BCUT2D eigenvalue weighted by Crippen LogP contribution is -2.45. The van der Waals surface area contributed by atoms with Crippen molar-refractivity contribution in [2.45, 2.75) is 31.7 Å². The van der Waals surface area contributed by atoms with Gasteiger partial charge in [0.2, 0.25) is 5.91 Å². The molecule has 3 aromatic rings. The van der Waals surface area contributed by atoms with Crippen molar-refractivity contribution >= 4 is 39.8 Å². The van der Waals surface area contributed by atoms with Crippen molar-refractivity contribution in [3.63, 3.8) is 0 Å². The number of aromatic amines is 1. The lowest BCUT2D eigenvalue weighted by Gasteiger charge is -2.35. The normalized spacial score (nSPS) is 16.5. The van der Waals surface area contributed by atoms with E-state index in [0.717, 1.165) is 31.4 Å². The summed E-state index contributed by atoms with van der Waals surface area (Å²) in [6.45, 7) is 3.53. The zero-order valence-electron chi connectivity index (χ0n) is 16.6. The number of nitrogens with one attached hydrogen (secondary N) is 2. The number of nitrogens with zero attached hydrogens (tertiary/aromatic N) is 2. The first-order chi connectivity index (χ1) is 14.4. The largest absolute Gasteiger partial charge is 0.361 e. The smallest absolute Gasteiger partial charge is 0.271 e. The number of hydrogen-bond acceptors (Lipinski definition) is 4. The van der Waals surface area contributed by atoms with Crippen molar-refractivity contribution in [3.8, 4) is 0 Å². The van der Waals surface area contributed by atoms with Gasteiger partial charge >= 0.3 is 0 Å². The summed E-state index contributed by atoms with van der Waals surface area (Å²) in [5.41, 5.74) is 2.78. The quantitative estimate of drug-likeness (QED) is 0.446. The summed E-state index contributed by atoms with van der Waals surface area (Å²) >= 11 is 6.10. The fourth-order valence-electron chi connectivity index (χ4n) is 4.15. The molecule has 1 fully saturated rings. The molecule has 30 heavy (non-hydrogen) atoms. The number of halogens is 1. The van der Waals surface area contributed by atoms with E-state index in [1.165, 1.54) is 29.1 Å². The molecule has 1 amide bonds. The van der Waals surface area contributed by atoms with Crippen LogP contribution in [0.2, 0.25) is 5.02 Å². The molecule has 1 aliphatic rings. The van der Waals surface area contributed by atoms with Gasteiger partial charge in [-0.05, 0) is 56.5 Å². The van der Waals surface area contributed by atoms with Crippen LogP contribution in [0, 0.1) is 10.1 Å². The Bertz CT molecular complexity index is 1090. The number of rotatable bonds is 5. The first-order valence-electron chi connectivity index (χ1n) is 9.99. The monoisotopic (exact) mass is 426 g/mol. The van der Waals surface area contributed by atoms with Crippen LogP contribution in [0.3, 0.4) is 0 Å². The molecule has 4 rings (SSSR count). The van der Waals surface area contributed by atoms with Crippen molar-refractivity contribution in [1.29, 1.82) is 0 Å². The maximum absolute atomic E-state index is 12.7. The van der Waals surface area contributed by atoms with E-state index in [9.17, 15) is 14.9 Å². The predicted molar refractivity (Wildman–Crippen MR) is 118 cm³/mol. The number of hydrogen-bond donors (Lipinski definition) is 2. The molecule has 0 aliphatic carbocycles. The molecule has 2 heterocycles. The minimum atomic E-state index is -0.516. The molecular formula is C22H23ClN4O3. The van der Waals surface area contributed by atoms with Crippen LogP contribution in [-0.2, 0) is 4.79 Å². The summed E-state index contributed by atoms with van der Waals surface area (Å²) < 4.78 is 0. The molecule has 1 saturated heterocycles. The Balaban J connectivity index is 1.37. The summed E-state index contributed by atoms with van der Waals surface area (Å²) in [5.74, 6) is 0.299. The van der Waals surface area contributed by atoms with Crippen LogP contribution in [0.4, 0.5) is 11.4 Å². The van der Waals surface area contributed by atoms with Gasteiger partial charge in [-0.3, -0.25) is 19.8 Å². The standard InChI is InChI=1S/C22H23ClN4O3/c1-14(22(28)25-21-7-6-16(27(29)30)12-19(21)23)26-10-8-15(9-11-26)18-13-24-20-5-3-2-4-17(18)20/h2-7,12-15,24H,8-11H2,1H3,(H,25,28)/t14-/m1/s1. The number of H-pyrrole nitrogens is 1. The highest BCUT2D eigenvalue weighted by Gasteiger charge is 2.28. The fourth-order valence-corrected chi connectivity index (χ4v) is 4.37. The zero-order chi connectivity index (χ0) is 21.3. The summed E-state index contributed by atoms with van der Waals surface area (Å²) in [5, 5.41) is 15.1. The van der Waals surface area contributed by atoms with Crippen LogP contribution in [0.1, 0.15) is 31.2 Å². The number of piperidine rings is 1. The number of anilines is 1. The van der Waals surface area contributed by atoms with E-state index < -0.39 is 4.92 Å². The molecule has 0 spiro atoms. The predicted octanol–water partition coefficient (Wildman–Crippen LogP) is 4.94. The summed E-state index contributed by atoms with van der Waals surface area (Å²) in [6.07, 6.45) is 4.08. The molecule has 1 aromatic heterocycles. The van der Waals surface area contributed by atoms with Gasteiger partial charge in [-0.1, -0.05) is 29.8 Å². The molecule has 2 aromatic carbocycles. The number of non-ortho nitro benzene ring substituents is 1. The number of carbonyl (C=O) groups excluding carboxylic acids is 1. The zero-order valence-corrected chi connectivity index (χ0v) is 17.4. The number of para-hydroxylation sites is 1. The third-order valence-corrected chi connectivity index (χ3v) is 6.25. The van der Waals surface area contributed by atoms with Gasteiger partial charge in [-0.2, -0.15) is 0 Å². The Morgan fingerprint density at radius 1 is 1.27 bits per heavy atom. The highest BCUT2D eigenvalue weighted by Crippen LogP contribution is 2.34. The van der Waals surface area contributed by atoms with Gasteiger partial charge in [0.05, 0.1) is 21.7 Å². The van der Waals surface area contributed by atoms with E-state index in [1.54, 1.807) is 0 Å². The highest BCUT2D eigenvalue weighted by molar-refractivity contribution is 6.34. The SMILES string of the molecule is C[C@H](C(=O)Nc1ccc([N+](=O)[O-])cc1Cl)N1CCC(c2c[nH]c3ccccc23)CC1. The topological polar surface area (TPSA) is 91.3 Å². The average Bonchev–Trinajstić information content (AvgIpc) is 3.18. The molecule has 0 unspecified atom stereocenters. The lowest BCUT2D eigenvalue weighted by atomic mass is 9.88. The second-order valence-corrected chi connectivity index (χ2v) is 8.09. The Morgan fingerprint density at radius 2 is 2.00 bits per heavy atom. The summed E-state index contributed by atoms with van der Waals surface area (Å²) in [7, 11) is 0. The van der Waals surface area contributed by atoms with Crippen LogP contribution in [0.15, 0.2) is 48.7 Å². The molecule has 156 valence electrons. The minimum Gasteiger partial charge on any atom is -0.361 e. The van der Waals surface area contributed by atoms with Crippen molar-refractivity contribution in [2.75, 3.05) is 18.4 Å². The molecule has 2 N–H and O–H groups in total. The van der Waals surface area contributed by atoms with E-state index >= 15 is 0 Å². The number of likely N-dealkylation sites (tertiary alicyclic amines) is 1. The van der Waals surface area contributed by atoms with Crippen molar-refractivity contribution in [1.82, 2.24) is 9.88 Å². The third kappa shape index (κ3) is 4.04. The van der Waals surface area contributed by atoms with E-state index in [-0.39, 0.29) is 22.7 Å². The lowest BCUT2D eigenvalue weighted by molar-refractivity contribution is -0.384. The average molecular weight is 427 g/mol. The second kappa shape index (κ2) is 8.45. The van der Waals surface area contributed by atoms with Gasteiger partial charge in [0.25, 0.3) is 5.69 Å². The molecule has 0 saturated carbocycles. The first-order valence-corrected chi connectivity index (χ1v) is 10.4. The van der Waals surface area contributed by atoms with Crippen LogP contribution in [0.25, 0.3) is 10.9 Å². The molecule has 1 atom stereocenters. The molecule has 1 aliphatic heterocycles. The number of carbonyl (C=O) groups is 1. The number of aromatic nitrogens is 1. The molecule has 7 nitrogen and oxygen atoms in total. The highest BCUT2D eigenvalue weighted by atomic mass is 35.5. The second-order valence-electron chi connectivity index (χ2n) is 7.69. The number of fused-ring (bicyclic) bond motifs is 1. The van der Waals surface area contributed by atoms with Crippen molar-refractivity contribution < 1.29 is 9.72 Å². The summed E-state index contributed by atoms with van der Waals surface area (Å²) in [4.78, 5) is 28.6. The van der Waals surface area contributed by atoms with E-state index in [0.29, 0.717) is 11.6 Å². The van der Waals surface area contributed by atoms with Crippen LogP contribution < -0.4 is 5.32 Å². The van der Waals surface area contributed by atoms with Gasteiger partial charge < -0.3 is 10.3 Å². The van der Waals surface area contributed by atoms with E-state index in [1.807, 2.05) is 13.0 Å². The Kier molecular flexibility index (Phi) is 5.74. The van der Waals surface area contributed by atoms with Crippen molar-refractivity contribution in [2.24, 2.45) is 0 Å². The number of benzene rings is 2. The van der Waals surface area contributed by atoms with Gasteiger partial charge in [0, 0.05) is 29.2 Å². The van der Waals surface area contributed by atoms with Gasteiger partial charge in [0.1, 0.15) is 0 Å². The van der Waals surface area contributed by atoms with Gasteiger partial charge in [-0.25, -0.2) is 0 Å². The van der Waals surface area contributed by atoms with Crippen molar-refractivity contribution in [3.05, 3.63) is 69.4 Å². The third-order valence-electron chi connectivity index (χ3n) is 5.94. The van der Waals surface area contributed by atoms with Gasteiger partial charge in [0.15, 0.2) is 0 Å². The minimum absolute atomic E-state index is 0.106. The summed E-state index contributed by atoms with van der Waals surface area (Å²) in [6, 6.07) is 12.1. The van der Waals surface area contributed by atoms with Crippen LogP contribution >= 0.6 is 11.6 Å². The maximum Gasteiger partial charge on any atom is 0.271 e. The van der Waals surface area contributed by atoms with Crippen LogP contribution in [0.5, 0.6) is 0 Å². The molecular weight excluding hydrogens is 404 g/mol. The van der Waals surface area contributed by atoms with Crippen LogP contribution in [-0.4, -0.2) is 39.8 Å². The Morgan fingerprint density at radius 3 is 2.70 bits per heavy atom. The van der Waals surface area contributed by atoms with E-state index in [2.05, 4.69) is 39.6 Å². The Labute approximate surface area is 179 Å². The molecule has 8 heteroatoms. The molecule has 0 radical (unpaired) electrons. The molecule has 0 bridgehead atoms. The maximum atomic E-state index is 12.7. The Hall–Kier alpha value is -2.90.